The van der Waals surface area contributed by atoms with Gasteiger partial charge in [0.05, 0.1) is 17.3 Å². The molecule has 3 rings (SSSR count). The normalized spacial score (nSPS) is 13.5. The molecule has 9 heteroatoms. The number of Topliss-reactive ketones (excluding diaryl/α,β-unsaturated/α-hetero) is 1. The summed E-state index contributed by atoms with van der Waals surface area (Å²) in [4.78, 5) is 44.7. The zero-order chi connectivity index (χ0) is 20.4. The van der Waals surface area contributed by atoms with Crippen LogP contribution in [-0.4, -0.2) is 33.9 Å². The number of hydrogen-bond acceptors (Lipinski definition) is 6. The van der Waals surface area contributed by atoms with Crippen LogP contribution in [0.5, 0.6) is 0 Å². The number of aromatic amines is 1. The largest absolute Gasteiger partial charge is 0.384 e. The highest BCUT2D eigenvalue weighted by Gasteiger charge is 2.26. The van der Waals surface area contributed by atoms with Gasteiger partial charge in [-0.25, -0.2) is 9.78 Å². The second kappa shape index (κ2) is 8.07. The summed E-state index contributed by atoms with van der Waals surface area (Å²) in [6.07, 6.45) is 0.656. The maximum absolute atomic E-state index is 12.8. The van der Waals surface area contributed by atoms with Crippen LogP contribution >= 0.6 is 11.3 Å². The van der Waals surface area contributed by atoms with Crippen LogP contribution in [-0.2, 0) is 6.54 Å². The summed E-state index contributed by atoms with van der Waals surface area (Å²) in [5, 5.41) is 0.921. The minimum atomic E-state index is -0.736. The van der Waals surface area contributed by atoms with Crippen molar-refractivity contribution in [3.8, 4) is 0 Å². The van der Waals surface area contributed by atoms with Gasteiger partial charge in [0.25, 0.3) is 5.56 Å². The van der Waals surface area contributed by atoms with Crippen LogP contribution in [0, 0.1) is 0 Å². The lowest BCUT2D eigenvalue weighted by atomic mass is 10.1. The number of H-pyrrole nitrogens is 1. The standard InChI is InChI=1S/C19H23N5O3S/c1-4-9-24-16(20)15(17(26)22-19(24)27)13(25)10-23(3)11(2)18-21-12-7-5-6-8-14(12)28-18/h5-8,11H,4,9-10,20H2,1-3H3,(H,22,26,27)/p+1/t11-/m1/s1. The summed E-state index contributed by atoms with van der Waals surface area (Å²) in [6, 6.07) is 7.84. The molecule has 0 saturated heterocycles. The van der Waals surface area contributed by atoms with Crippen LogP contribution in [0.4, 0.5) is 5.82 Å². The Morgan fingerprint density at radius 1 is 1.36 bits per heavy atom. The highest BCUT2D eigenvalue weighted by atomic mass is 32.1. The van der Waals surface area contributed by atoms with Gasteiger partial charge < -0.3 is 10.6 Å². The summed E-state index contributed by atoms with van der Waals surface area (Å²) >= 11 is 1.59. The number of quaternary nitrogens is 1. The highest BCUT2D eigenvalue weighted by Crippen LogP contribution is 2.24. The van der Waals surface area contributed by atoms with Crippen LogP contribution in [0.15, 0.2) is 33.9 Å². The van der Waals surface area contributed by atoms with E-state index in [-0.39, 0.29) is 24.0 Å². The number of hydrogen-bond donors (Lipinski definition) is 3. The van der Waals surface area contributed by atoms with E-state index in [9.17, 15) is 14.4 Å². The van der Waals surface area contributed by atoms with Crippen LogP contribution in [0.3, 0.4) is 0 Å². The lowest BCUT2D eigenvalue weighted by molar-refractivity contribution is -0.901. The fourth-order valence-corrected chi connectivity index (χ4v) is 4.20. The lowest BCUT2D eigenvalue weighted by Crippen LogP contribution is -3.10. The van der Waals surface area contributed by atoms with Crippen molar-refractivity contribution in [1.29, 1.82) is 0 Å². The van der Waals surface area contributed by atoms with E-state index in [0.717, 1.165) is 20.1 Å². The molecule has 148 valence electrons. The van der Waals surface area contributed by atoms with E-state index in [1.807, 2.05) is 45.2 Å². The fraction of sp³-hybridized carbons (Fsp3) is 0.368. The highest BCUT2D eigenvalue weighted by molar-refractivity contribution is 7.18. The third-order valence-electron chi connectivity index (χ3n) is 4.83. The number of nitrogens with zero attached hydrogens (tertiary/aromatic N) is 2. The number of likely N-dealkylation sites (N-methyl/N-ethyl adjacent to an activating group) is 1. The maximum atomic E-state index is 12.8. The lowest BCUT2D eigenvalue weighted by Gasteiger charge is -2.19. The molecule has 0 fully saturated rings. The Balaban J connectivity index is 1.85. The molecule has 0 amide bonds. The molecule has 0 spiro atoms. The number of thiazole rings is 1. The second-order valence-electron chi connectivity index (χ2n) is 6.86. The molecule has 28 heavy (non-hydrogen) atoms. The number of fused-ring (bicyclic) bond motifs is 1. The molecule has 1 aromatic carbocycles. The number of nitrogens with one attached hydrogen (secondary N) is 2. The van der Waals surface area contributed by atoms with Gasteiger partial charge >= 0.3 is 5.69 Å². The molecule has 0 aliphatic carbocycles. The van der Waals surface area contributed by atoms with Crippen molar-refractivity contribution in [1.82, 2.24) is 14.5 Å². The minimum Gasteiger partial charge on any atom is -0.384 e. The Morgan fingerprint density at radius 2 is 2.07 bits per heavy atom. The van der Waals surface area contributed by atoms with E-state index >= 15 is 0 Å². The summed E-state index contributed by atoms with van der Waals surface area (Å²) in [6.45, 7) is 4.28. The molecule has 2 atom stereocenters. The van der Waals surface area contributed by atoms with E-state index in [2.05, 4.69) is 9.97 Å². The molecule has 2 heterocycles. The summed E-state index contributed by atoms with van der Waals surface area (Å²) in [7, 11) is 1.88. The zero-order valence-electron chi connectivity index (χ0n) is 16.1. The van der Waals surface area contributed by atoms with Crippen LogP contribution in [0.2, 0.25) is 0 Å². The first-order chi connectivity index (χ1) is 13.3. The van der Waals surface area contributed by atoms with Gasteiger partial charge in [-0.2, -0.15) is 0 Å². The minimum absolute atomic E-state index is 0.0387. The third-order valence-corrected chi connectivity index (χ3v) is 6.04. The summed E-state index contributed by atoms with van der Waals surface area (Å²) in [5.74, 6) is -0.463. The topological polar surface area (TPSA) is 115 Å². The second-order valence-corrected chi connectivity index (χ2v) is 7.92. The van der Waals surface area contributed by atoms with Crippen molar-refractivity contribution in [3.05, 3.63) is 55.7 Å². The fourth-order valence-electron chi connectivity index (χ4n) is 3.08. The van der Waals surface area contributed by atoms with Crippen LogP contribution < -0.4 is 21.9 Å². The smallest absolute Gasteiger partial charge is 0.329 e. The molecule has 4 N–H and O–H groups in total. The molecule has 1 unspecified atom stereocenters. The number of para-hydroxylation sites is 1. The van der Waals surface area contributed by atoms with Gasteiger partial charge in [0, 0.05) is 6.54 Å². The number of ketones is 1. The number of rotatable bonds is 7. The molecular weight excluding hydrogens is 378 g/mol. The van der Waals surface area contributed by atoms with Gasteiger partial charge in [0.2, 0.25) is 5.78 Å². The third kappa shape index (κ3) is 3.76. The molecule has 0 bridgehead atoms. The van der Waals surface area contributed by atoms with Gasteiger partial charge in [-0.05, 0) is 25.5 Å². The van der Waals surface area contributed by atoms with Gasteiger partial charge in [-0.1, -0.05) is 19.1 Å². The van der Waals surface area contributed by atoms with E-state index in [1.54, 1.807) is 11.3 Å². The zero-order valence-corrected chi connectivity index (χ0v) is 16.9. The van der Waals surface area contributed by atoms with E-state index in [0.29, 0.717) is 13.0 Å². The first-order valence-electron chi connectivity index (χ1n) is 9.17. The summed E-state index contributed by atoms with van der Waals surface area (Å²) < 4.78 is 2.33. The molecule has 0 aliphatic heterocycles. The van der Waals surface area contributed by atoms with Crippen molar-refractivity contribution in [2.24, 2.45) is 0 Å². The number of nitrogen functional groups attached to an aromatic ring is 1. The molecule has 3 aromatic rings. The molecule has 0 saturated carbocycles. The predicted octanol–water partition coefficient (Wildman–Crippen LogP) is 0.597. The Hall–Kier alpha value is -2.78. The number of carbonyl (C=O) groups excluding carboxylic acids is 1. The van der Waals surface area contributed by atoms with Crippen molar-refractivity contribution in [3.63, 3.8) is 0 Å². The monoisotopic (exact) mass is 402 g/mol. The number of nitrogens with two attached hydrogens (primary N) is 1. The Kier molecular flexibility index (Phi) is 5.76. The Bertz CT molecular complexity index is 1100. The predicted molar refractivity (Wildman–Crippen MR) is 110 cm³/mol. The molecular formula is C19H24N5O3S+. The van der Waals surface area contributed by atoms with Gasteiger partial charge in [0.15, 0.2) is 5.01 Å². The van der Waals surface area contributed by atoms with Crippen molar-refractivity contribution in [2.45, 2.75) is 32.9 Å². The van der Waals surface area contributed by atoms with E-state index in [1.165, 1.54) is 4.57 Å². The van der Waals surface area contributed by atoms with Crippen molar-refractivity contribution in [2.75, 3.05) is 19.3 Å². The quantitative estimate of drug-likeness (QED) is 0.501. The summed E-state index contributed by atoms with van der Waals surface area (Å²) in [5.41, 5.74) is 5.44. The Morgan fingerprint density at radius 3 is 2.75 bits per heavy atom. The van der Waals surface area contributed by atoms with E-state index < -0.39 is 17.0 Å². The number of anilines is 1. The number of aromatic nitrogens is 3. The van der Waals surface area contributed by atoms with Gasteiger partial charge in [-0.3, -0.25) is 19.1 Å². The first-order valence-corrected chi connectivity index (χ1v) is 9.98. The molecule has 0 radical (unpaired) electrons. The van der Waals surface area contributed by atoms with Crippen molar-refractivity contribution >= 4 is 33.2 Å². The van der Waals surface area contributed by atoms with Crippen LogP contribution in [0.25, 0.3) is 10.2 Å². The Labute approximate surface area is 165 Å². The van der Waals surface area contributed by atoms with Crippen LogP contribution in [0.1, 0.15) is 41.7 Å². The number of benzene rings is 1. The average molecular weight is 403 g/mol. The molecule has 8 nitrogen and oxygen atoms in total. The van der Waals surface area contributed by atoms with E-state index in [4.69, 9.17) is 5.73 Å². The number of carbonyl (C=O) groups is 1. The molecule has 0 aliphatic rings. The van der Waals surface area contributed by atoms with Crippen molar-refractivity contribution < 1.29 is 9.69 Å². The first kappa shape index (κ1) is 20.0. The van der Waals surface area contributed by atoms with Gasteiger partial charge in [-0.15, -0.1) is 11.3 Å². The maximum Gasteiger partial charge on any atom is 0.329 e. The SMILES string of the molecule is CCCn1c(N)c(C(=O)C[NH+](C)[C@H](C)c2nc3ccccc3s2)c(=O)[nH]c1=O. The van der Waals surface area contributed by atoms with Gasteiger partial charge in [0.1, 0.15) is 24.0 Å². The molecule has 2 aromatic heterocycles. The average Bonchev–Trinajstić information content (AvgIpc) is 3.08.